The molecule has 0 spiro atoms. The molecule has 2 saturated heterocycles. The van der Waals surface area contributed by atoms with Crippen LogP contribution in [0, 0.1) is 0 Å². The van der Waals surface area contributed by atoms with E-state index >= 15 is 0 Å². The molecule has 8 rings (SSSR count). The van der Waals surface area contributed by atoms with Crippen LogP contribution in [-0.4, -0.2) is 85.8 Å². The van der Waals surface area contributed by atoms with Gasteiger partial charge in [-0.2, -0.15) is 5.10 Å². The van der Waals surface area contributed by atoms with Gasteiger partial charge in [0.15, 0.2) is 5.65 Å². The van der Waals surface area contributed by atoms with Gasteiger partial charge in [-0.25, -0.2) is 4.79 Å². The SMILES string of the molecule is CC(C)(C)c1cc(NC(=O)N[C@H]2CC[C@@H](Oc3ccc4nnc(N5CCCCC5)n4c3)c3ccccc32)n(-c2cnn(CCN3CCOCC3)c2)c1. The van der Waals surface area contributed by atoms with Crippen molar-refractivity contribution in [2.75, 3.05) is 56.2 Å². The normalized spacial score (nSPS) is 19.8. The third-order valence-electron chi connectivity index (χ3n) is 10.6. The smallest absolute Gasteiger partial charge is 0.320 e. The van der Waals surface area contributed by atoms with Crippen molar-refractivity contribution in [2.45, 2.75) is 77.0 Å². The predicted octanol–water partition coefficient (Wildman–Crippen LogP) is 6.11. The third kappa shape index (κ3) is 7.38. The highest BCUT2D eigenvalue weighted by molar-refractivity contribution is 5.89. The summed E-state index contributed by atoms with van der Waals surface area (Å²) in [6, 6.07) is 13.9. The van der Waals surface area contributed by atoms with Gasteiger partial charge in [-0.1, -0.05) is 45.0 Å². The maximum atomic E-state index is 13.7. The van der Waals surface area contributed by atoms with Crippen LogP contribution in [0.3, 0.4) is 0 Å². The van der Waals surface area contributed by atoms with Crippen molar-refractivity contribution in [1.29, 1.82) is 0 Å². The zero-order valence-electron chi connectivity index (χ0n) is 30.5. The molecule has 0 unspecified atom stereocenters. The van der Waals surface area contributed by atoms with E-state index in [0.717, 1.165) is 105 Å². The monoisotopic (exact) mass is 706 g/mol. The van der Waals surface area contributed by atoms with Crippen LogP contribution in [0.1, 0.15) is 81.7 Å². The number of aromatic nitrogens is 6. The topological polar surface area (TPSA) is 119 Å². The van der Waals surface area contributed by atoms with Gasteiger partial charge in [0.25, 0.3) is 0 Å². The van der Waals surface area contributed by atoms with Crippen molar-refractivity contribution in [3.63, 3.8) is 0 Å². The summed E-state index contributed by atoms with van der Waals surface area (Å²) in [4.78, 5) is 18.4. The molecule has 6 heterocycles. The number of morpholine rings is 1. The summed E-state index contributed by atoms with van der Waals surface area (Å²) in [5.74, 6) is 2.35. The van der Waals surface area contributed by atoms with Gasteiger partial charge in [-0.05, 0) is 72.4 Å². The second kappa shape index (κ2) is 14.6. The fourth-order valence-corrected chi connectivity index (χ4v) is 7.59. The molecule has 52 heavy (non-hydrogen) atoms. The highest BCUT2D eigenvalue weighted by Gasteiger charge is 2.30. The lowest BCUT2D eigenvalue weighted by Crippen LogP contribution is -2.38. The summed E-state index contributed by atoms with van der Waals surface area (Å²) in [5.41, 5.74) is 4.90. The van der Waals surface area contributed by atoms with Gasteiger partial charge >= 0.3 is 6.03 Å². The van der Waals surface area contributed by atoms with Crippen LogP contribution in [0.5, 0.6) is 5.75 Å². The number of nitrogens with zero attached hydrogens (tertiary/aromatic N) is 8. The second-order valence-corrected chi connectivity index (χ2v) is 15.3. The Morgan fingerprint density at radius 2 is 1.73 bits per heavy atom. The highest BCUT2D eigenvalue weighted by Crippen LogP contribution is 2.39. The molecule has 2 amide bonds. The molecular weight excluding hydrogens is 656 g/mol. The molecule has 1 aliphatic carbocycles. The van der Waals surface area contributed by atoms with Crippen LogP contribution in [0.2, 0.25) is 0 Å². The van der Waals surface area contributed by atoms with E-state index < -0.39 is 0 Å². The first-order valence-electron chi connectivity index (χ1n) is 18.8. The van der Waals surface area contributed by atoms with E-state index in [1.807, 2.05) is 56.5 Å². The lowest BCUT2D eigenvalue weighted by molar-refractivity contribution is 0.0360. The first-order chi connectivity index (χ1) is 25.3. The molecule has 13 nitrogen and oxygen atoms in total. The number of urea groups is 1. The first-order valence-corrected chi connectivity index (χ1v) is 18.8. The Bertz CT molecular complexity index is 2000. The minimum Gasteiger partial charge on any atom is -0.484 e. The van der Waals surface area contributed by atoms with Crippen LogP contribution in [0.15, 0.2) is 67.3 Å². The van der Waals surface area contributed by atoms with Gasteiger partial charge in [0.1, 0.15) is 17.7 Å². The molecule has 2 N–H and O–H groups in total. The number of ether oxygens (including phenoxy) is 2. The molecule has 274 valence electrons. The average molecular weight is 707 g/mol. The lowest BCUT2D eigenvalue weighted by atomic mass is 9.85. The molecule has 13 heteroatoms. The van der Waals surface area contributed by atoms with Gasteiger partial charge in [0.2, 0.25) is 5.95 Å². The number of carbonyl (C=O) groups excluding carboxylic acids is 1. The predicted molar refractivity (Wildman–Crippen MR) is 201 cm³/mol. The van der Waals surface area contributed by atoms with Crippen LogP contribution in [0.4, 0.5) is 16.6 Å². The van der Waals surface area contributed by atoms with E-state index in [1.54, 1.807) is 0 Å². The van der Waals surface area contributed by atoms with E-state index in [1.165, 1.54) is 19.3 Å². The Morgan fingerprint density at radius 3 is 2.54 bits per heavy atom. The van der Waals surface area contributed by atoms with Crippen molar-refractivity contribution >= 4 is 23.4 Å². The molecular formula is C39H50N10O3. The Balaban J connectivity index is 0.961. The number of piperidine rings is 1. The zero-order chi connectivity index (χ0) is 35.7. The third-order valence-corrected chi connectivity index (χ3v) is 10.6. The Kier molecular flexibility index (Phi) is 9.63. The van der Waals surface area contributed by atoms with E-state index in [4.69, 9.17) is 9.47 Å². The maximum absolute atomic E-state index is 13.7. The highest BCUT2D eigenvalue weighted by atomic mass is 16.5. The molecule has 0 bridgehead atoms. The summed E-state index contributed by atoms with van der Waals surface area (Å²) in [7, 11) is 0. The van der Waals surface area contributed by atoms with E-state index in [0.29, 0.717) is 5.82 Å². The summed E-state index contributed by atoms with van der Waals surface area (Å²) in [5, 5.41) is 20.0. The van der Waals surface area contributed by atoms with Crippen molar-refractivity contribution in [2.24, 2.45) is 0 Å². The van der Waals surface area contributed by atoms with Gasteiger partial charge in [0, 0.05) is 45.1 Å². The summed E-state index contributed by atoms with van der Waals surface area (Å²) >= 11 is 0. The summed E-state index contributed by atoms with van der Waals surface area (Å²) in [6.45, 7) is 13.7. The zero-order valence-corrected chi connectivity index (χ0v) is 30.5. The van der Waals surface area contributed by atoms with E-state index in [-0.39, 0.29) is 23.6 Å². The number of rotatable bonds is 9. The number of benzene rings is 1. The Hall–Kier alpha value is -4.88. The quantitative estimate of drug-likeness (QED) is 0.189. The number of fused-ring (bicyclic) bond motifs is 2. The van der Waals surface area contributed by atoms with Crippen molar-refractivity contribution in [1.82, 2.24) is 39.2 Å². The number of amides is 2. The van der Waals surface area contributed by atoms with E-state index in [2.05, 4.69) is 80.9 Å². The van der Waals surface area contributed by atoms with Crippen LogP contribution in [-0.2, 0) is 16.7 Å². The summed E-state index contributed by atoms with van der Waals surface area (Å²) in [6.07, 6.45) is 13.0. The molecule has 1 aromatic carbocycles. The van der Waals surface area contributed by atoms with Crippen LogP contribution < -0.4 is 20.3 Å². The number of hydrogen-bond acceptors (Lipinski definition) is 8. The number of pyridine rings is 1. The Labute approximate surface area is 304 Å². The molecule has 2 aliphatic heterocycles. The van der Waals surface area contributed by atoms with Crippen LogP contribution >= 0.6 is 0 Å². The van der Waals surface area contributed by atoms with Crippen LogP contribution in [0.25, 0.3) is 11.3 Å². The molecule has 2 fully saturated rings. The molecule has 0 radical (unpaired) electrons. The Morgan fingerprint density at radius 1 is 0.923 bits per heavy atom. The maximum Gasteiger partial charge on any atom is 0.320 e. The number of hydrogen-bond donors (Lipinski definition) is 2. The van der Waals surface area contributed by atoms with Gasteiger partial charge in [-0.15, -0.1) is 10.2 Å². The van der Waals surface area contributed by atoms with E-state index in [9.17, 15) is 4.79 Å². The van der Waals surface area contributed by atoms with Crippen molar-refractivity contribution in [3.05, 3.63) is 83.9 Å². The fraction of sp³-hybridized carbons (Fsp3) is 0.487. The van der Waals surface area contributed by atoms with Crippen molar-refractivity contribution < 1.29 is 14.3 Å². The van der Waals surface area contributed by atoms with Gasteiger partial charge in [0.05, 0.1) is 43.9 Å². The number of nitrogens with one attached hydrogen (secondary N) is 2. The van der Waals surface area contributed by atoms with Gasteiger partial charge < -0.3 is 19.7 Å². The largest absolute Gasteiger partial charge is 0.484 e. The molecule has 5 aromatic rings. The number of anilines is 2. The molecule has 0 saturated carbocycles. The number of carbonyl (C=O) groups is 1. The minimum atomic E-state index is -0.248. The van der Waals surface area contributed by atoms with Gasteiger partial charge in [-0.3, -0.25) is 23.9 Å². The van der Waals surface area contributed by atoms with Crippen molar-refractivity contribution in [3.8, 4) is 11.4 Å². The second-order valence-electron chi connectivity index (χ2n) is 15.3. The molecule has 4 aromatic heterocycles. The molecule has 2 atom stereocenters. The standard InChI is InChI=1S/C39H50N10O3/c1-39(2,3)28-23-36(48(25-28)29-24-40-47(26-29)18-17-45-19-21-51-22-20-45)42-37(50)41-33-12-13-34(32-10-6-5-9-31(32)33)52-30-11-14-35-43-44-38(49(35)27-30)46-15-7-4-8-16-46/h5-6,9-11,14,23-27,33-34H,4,7-8,12-13,15-22H2,1-3H3,(H2,41,42,50)/t33-,34+/m0/s1. The fourth-order valence-electron chi connectivity index (χ4n) is 7.59. The minimum absolute atomic E-state index is 0.101. The first kappa shape index (κ1) is 34.2. The molecule has 3 aliphatic rings. The lowest BCUT2D eigenvalue weighted by Gasteiger charge is -2.32. The average Bonchev–Trinajstić information content (AvgIpc) is 3.91. The summed E-state index contributed by atoms with van der Waals surface area (Å²) < 4.78 is 18.2.